The van der Waals surface area contributed by atoms with Gasteiger partial charge in [0.1, 0.15) is 6.33 Å². The molecule has 0 spiro atoms. The first-order valence-electron chi connectivity index (χ1n) is 11.3. The van der Waals surface area contributed by atoms with Crippen LogP contribution in [0.15, 0.2) is 17.7 Å². The molecule has 0 aliphatic carbocycles. The van der Waals surface area contributed by atoms with Gasteiger partial charge < -0.3 is 5.32 Å². The van der Waals surface area contributed by atoms with Crippen molar-refractivity contribution in [2.75, 3.05) is 18.1 Å². The van der Waals surface area contributed by atoms with E-state index in [1.807, 2.05) is 10.7 Å². The van der Waals surface area contributed by atoms with Gasteiger partial charge in [0.15, 0.2) is 10.8 Å². The lowest BCUT2D eigenvalue weighted by atomic mass is 10.0. The summed E-state index contributed by atoms with van der Waals surface area (Å²) in [7, 11) is 0. The van der Waals surface area contributed by atoms with Crippen molar-refractivity contribution in [3.63, 3.8) is 0 Å². The van der Waals surface area contributed by atoms with Gasteiger partial charge in [0, 0.05) is 6.54 Å². The van der Waals surface area contributed by atoms with Crippen molar-refractivity contribution >= 4 is 23.4 Å². The minimum atomic E-state index is 0.788. The number of nitrogens with zero attached hydrogens (tertiary/aromatic N) is 4. The molecule has 0 saturated carbocycles. The highest BCUT2D eigenvalue weighted by Crippen LogP contribution is 2.16. The standard InChI is InChI=1S/C22H39N5S/c1-3-4-5-6-7-8-9-10-11-12-13-14-15-16-17-24-21-26-22(28-2)25-20-18-23-19-27(20)21/h18-19H,3-17H2,1-2H3,(H,24,25,26). The molecule has 0 radical (unpaired) electrons. The summed E-state index contributed by atoms with van der Waals surface area (Å²) in [5, 5.41) is 4.24. The number of imidazole rings is 1. The molecule has 0 aromatic carbocycles. The monoisotopic (exact) mass is 405 g/mol. The first-order chi connectivity index (χ1) is 13.8. The quantitative estimate of drug-likeness (QED) is 0.233. The van der Waals surface area contributed by atoms with Crippen LogP contribution >= 0.6 is 11.8 Å². The molecule has 2 heterocycles. The van der Waals surface area contributed by atoms with E-state index >= 15 is 0 Å². The summed E-state index contributed by atoms with van der Waals surface area (Å²) in [6.07, 6.45) is 25.0. The van der Waals surface area contributed by atoms with E-state index in [1.54, 1.807) is 24.3 Å². The fraction of sp³-hybridized carbons (Fsp3) is 0.773. The van der Waals surface area contributed by atoms with E-state index in [2.05, 4.69) is 27.2 Å². The van der Waals surface area contributed by atoms with E-state index in [0.29, 0.717) is 0 Å². The molecule has 2 aromatic heterocycles. The van der Waals surface area contributed by atoms with Crippen molar-refractivity contribution in [2.24, 2.45) is 0 Å². The molecule has 0 saturated heterocycles. The summed E-state index contributed by atoms with van der Waals surface area (Å²) in [6, 6.07) is 0. The van der Waals surface area contributed by atoms with Crippen LogP contribution in [0.1, 0.15) is 96.8 Å². The Hall–Kier alpha value is -1.30. The van der Waals surface area contributed by atoms with Gasteiger partial charge in [0.25, 0.3) is 0 Å². The van der Waals surface area contributed by atoms with Crippen molar-refractivity contribution in [1.82, 2.24) is 19.4 Å². The van der Waals surface area contributed by atoms with Crippen LogP contribution in [0.4, 0.5) is 5.95 Å². The number of hydrogen-bond donors (Lipinski definition) is 1. The molecule has 1 N–H and O–H groups in total. The van der Waals surface area contributed by atoms with Crippen LogP contribution in [-0.4, -0.2) is 32.2 Å². The van der Waals surface area contributed by atoms with E-state index in [0.717, 1.165) is 23.3 Å². The minimum absolute atomic E-state index is 0.788. The number of fused-ring (bicyclic) bond motifs is 1. The van der Waals surface area contributed by atoms with Crippen LogP contribution in [-0.2, 0) is 0 Å². The van der Waals surface area contributed by atoms with Gasteiger partial charge in [-0.15, -0.1) is 0 Å². The zero-order valence-electron chi connectivity index (χ0n) is 18.0. The average Bonchev–Trinajstić information content (AvgIpc) is 3.19. The van der Waals surface area contributed by atoms with Gasteiger partial charge in [-0.05, 0) is 12.7 Å². The van der Waals surface area contributed by atoms with Gasteiger partial charge in [0.2, 0.25) is 5.95 Å². The molecule has 5 nitrogen and oxygen atoms in total. The fourth-order valence-corrected chi connectivity index (χ4v) is 3.90. The summed E-state index contributed by atoms with van der Waals surface area (Å²) < 4.78 is 1.92. The van der Waals surface area contributed by atoms with Crippen LogP contribution in [0, 0.1) is 0 Å². The van der Waals surface area contributed by atoms with Crippen molar-refractivity contribution in [3.05, 3.63) is 12.5 Å². The van der Waals surface area contributed by atoms with Crippen LogP contribution in [0.2, 0.25) is 0 Å². The van der Waals surface area contributed by atoms with Gasteiger partial charge in [-0.1, -0.05) is 102 Å². The average molecular weight is 406 g/mol. The second-order valence-electron chi connectivity index (χ2n) is 7.68. The number of aromatic nitrogens is 4. The molecule has 28 heavy (non-hydrogen) atoms. The van der Waals surface area contributed by atoms with Gasteiger partial charge in [-0.3, -0.25) is 4.40 Å². The molecule has 6 heteroatoms. The first kappa shape index (κ1) is 23.0. The normalized spacial score (nSPS) is 11.4. The highest BCUT2D eigenvalue weighted by atomic mass is 32.2. The summed E-state index contributed by atoms with van der Waals surface area (Å²) in [4.78, 5) is 13.2. The Balaban J connectivity index is 1.44. The van der Waals surface area contributed by atoms with E-state index in [1.165, 1.54) is 89.9 Å². The zero-order chi connectivity index (χ0) is 19.9. The Morgan fingerprint density at radius 1 is 0.821 bits per heavy atom. The van der Waals surface area contributed by atoms with E-state index in [4.69, 9.17) is 0 Å². The Labute approximate surface area is 175 Å². The fourth-order valence-electron chi connectivity index (χ4n) is 3.54. The second-order valence-corrected chi connectivity index (χ2v) is 8.45. The third kappa shape index (κ3) is 8.80. The van der Waals surface area contributed by atoms with Crippen molar-refractivity contribution in [2.45, 2.75) is 102 Å². The molecule has 0 aliphatic heterocycles. The Morgan fingerprint density at radius 2 is 1.39 bits per heavy atom. The summed E-state index contributed by atoms with van der Waals surface area (Å²) in [5.74, 6) is 0.849. The molecule has 2 rings (SSSR count). The maximum absolute atomic E-state index is 4.56. The molecule has 2 aromatic rings. The molecule has 0 atom stereocenters. The molecular weight excluding hydrogens is 366 g/mol. The predicted octanol–water partition coefficient (Wildman–Crippen LogP) is 6.74. The van der Waals surface area contributed by atoms with E-state index < -0.39 is 0 Å². The van der Waals surface area contributed by atoms with Gasteiger partial charge in [-0.2, -0.15) is 4.98 Å². The largest absolute Gasteiger partial charge is 0.355 e. The van der Waals surface area contributed by atoms with Gasteiger partial charge in [0.05, 0.1) is 6.20 Å². The first-order valence-corrected chi connectivity index (χ1v) is 12.6. The van der Waals surface area contributed by atoms with Crippen molar-refractivity contribution < 1.29 is 0 Å². The van der Waals surface area contributed by atoms with Gasteiger partial charge in [-0.25, -0.2) is 9.97 Å². The zero-order valence-corrected chi connectivity index (χ0v) is 18.8. The van der Waals surface area contributed by atoms with E-state index in [-0.39, 0.29) is 0 Å². The van der Waals surface area contributed by atoms with Crippen LogP contribution in [0.5, 0.6) is 0 Å². The number of thioether (sulfide) groups is 1. The molecule has 0 unspecified atom stereocenters. The SMILES string of the molecule is CCCCCCCCCCCCCCCCNc1nc(SC)nc2cncn12. The number of nitrogens with one attached hydrogen (secondary N) is 1. The molecule has 158 valence electrons. The van der Waals surface area contributed by atoms with Gasteiger partial charge >= 0.3 is 0 Å². The predicted molar refractivity (Wildman–Crippen MR) is 121 cm³/mol. The molecule has 0 aliphatic rings. The Bertz CT molecular complexity index is 643. The lowest BCUT2D eigenvalue weighted by Crippen LogP contribution is -2.09. The second kappa shape index (κ2) is 14.7. The molecule has 0 amide bonds. The number of anilines is 1. The highest BCUT2D eigenvalue weighted by Gasteiger charge is 2.06. The third-order valence-electron chi connectivity index (χ3n) is 5.25. The summed E-state index contributed by atoms with van der Waals surface area (Å²) >= 11 is 1.56. The smallest absolute Gasteiger partial charge is 0.212 e. The molecular formula is C22H39N5S. The van der Waals surface area contributed by atoms with Crippen molar-refractivity contribution in [3.8, 4) is 0 Å². The highest BCUT2D eigenvalue weighted by molar-refractivity contribution is 7.98. The number of rotatable bonds is 17. The third-order valence-corrected chi connectivity index (χ3v) is 5.80. The van der Waals surface area contributed by atoms with Crippen LogP contribution in [0.3, 0.4) is 0 Å². The summed E-state index contributed by atoms with van der Waals surface area (Å²) in [6.45, 7) is 3.24. The molecule has 0 fully saturated rings. The maximum Gasteiger partial charge on any atom is 0.212 e. The van der Waals surface area contributed by atoms with Crippen LogP contribution < -0.4 is 5.32 Å². The number of hydrogen-bond acceptors (Lipinski definition) is 5. The lowest BCUT2D eigenvalue weighted by molar-refractivity contribution is 0.537. The van der Waals surface area contributed by atoms with Crippen molar-refractivity contribution in [1.29, 1.82) is 0 Å². The Morgan fingerprint density at radius 3 is 1.96 bits per heavy atom. The van der Waals surface area contributed by atoms with E-state index in [9.17, 15) is 0 Å². The number of unbranched alkanes of at least 4 members (excludes halogenated alkanes) is 13. The topological polar surface area (TPSA) is 55.1 Å². The van der Waals surface area contributed by atoms with Crippen LogP contribution in [0.25, 0.3) is 5.65 Å². The maximum atomic E-state index is 4.56. The lowest BCUT2D eigenvalue weighted by Gasteiger charge is -2.09. The molecule has 0 bridgehead atoms. The Kier molecular flexibility index (Phi) is 12.0. The summed E-state index contributed by atoms with van der Waals surface area (Å²) in [5.41, 5.74) is 0.850. The minimum Gasteiger partial charge on any atom is -0.355 e.